The minimum absolute atomic E-state index is 0.0944. The number of carbonyl (C=O) groups excluding carboxylic acids is 2. The van der Waals surface area contributed by atoms with Crippen LogP contribution in [0.2, 0.25) is 5.02 Å². The topological polar surface area (TPSA) is 92.6 Å². The van der Waals surface area contributed by atoms with Crippen molar-refractivity contribution in [2.45, 2.75) is 32.9 Å². The zero-order valence-electron chi connectivity index (χ0n) is 16.6. The summed E-state index contributed by atoms with van der Waals surface area (Å²) in [5, 5.41) is 14.1. The van der Waals surface area contributed by atoms with Crippen LogP contribution in [0.3, 0.4) is 0 Å². The SMILES string of the molecule is CC(C)C(NC(=O)Cc1ccccc1)C(=O)N(C)Cc1cc([N+](=O)[O-])ccc1Cl. The van der Waals surface area contributed by atoms with Gasteiger partial charge in [-0.2, -0.15) is 0 Å². The van der Waals surface area contributed by atoms with Crippen molar-refractivity contribution < 1.29 is 14.5 Å². The van der Waals surface area contributed by atoms with Gasteiger partial charge in [-0.25, -0.2) is 0 Å². The molecule has 7 nitrogen and oxygen atoms in total. The van der Waals surface area contributed by atoms with Crippen molar-refractivity contribution >= 4 is 29.1 Å². The van der Waals surface area contributed by atoms with Crippen LogP contribution < -0.4 is 5.32 Å². The largest absolute Gasteiger partial charge is 0.344 e. The fourth-order valence-electron chi connectivity index (χ4n) is 2.89. The maximum atomic E-state index is 12.9. The molecule has 29 heavy (non-hydrogen) atoms. The van der Waals surface area contributed by atoms with Gasteiger partial charge in [0.2, 0.25) is 11.8 Å². The normalized spacial score (nSPS) is 11.8. The first-order chi connectivity index (χ1) is 13.7. The quantitative estimate of drug-likeness (QED) is 0.524. The predicted octanol–water partition coefficient (Wildman–Crippen LogP) is 3.59. The second kappa shape index (κ2) is 10.0. The summed E-state index contributed by atoms with van der Waals surface area (Å²) in [5.74, 6) is -0.667. The molecule has 154 valence electrons. The van der Waals surface area contributed by atoms with Crippen LogP contribution in [0.1, 0.15) is 25.0 Å². The molecule has 0 spiro atoms. The zero-order chi connectivity index (χ0) is 21.6. The molecule has 0 heterocycles. The monoisotopic (exact) mass is 417 g/mol. The van der Waals surface area contributed by atoms with E-state index in [9.17, 15) is 19.7 Å². The number of hydrogen-bond acceptors (Lipinski definition) is 4. The molecule has 0 fully saturated rings. The second-order valence-corrected chi connectivity index (χ2v) is 7.59. The first kappa shape index (κ1) is 22.4. The minimum Gasteiger partial charge on any atom is -0.344 e. The molecule has 2 aromatic carbocycles. The number of nitro groups is 1. The van der Waals surface area contributed by atoms with Gasteiger partial charge in [0.1, 0.15) is 6.04 Å². The molecule has 0 aliphatic rings. The second-order valence-electron chi connectivity index (χ2n) is 7.18. The van der Waals surface area contributed by atoms with Gasteiger partial charge in [0, 0.05) is 30.7 Å². The van der Waals surface area contributed by atoms with E-state index in [1.165, 1.54) is 23.1 Å². The van der Waals surface area contributed by atoms with Gasteiger partial charge in [0.25, 0.3) is 5.69 Å². The summed E-state index contributed by atoms with van der Waals surface area (Å²) < 4.78 is 0. The summed E-state index contributed by atoms with van der Waals surface area (Å²) in [5.41, 5.74) is 1.23. The third-order valence-electron chi connectivity index (χ3n) is 4.48. The van der Waals surface area contributed by atoms with E-state index < -0.39 is 11.0 Å². The van der Waals surface area contributed by atoms with Gasteiger partial charge < -0.3 is 10.2 Å². The summed E-state index contributed by atoms with van der Waals surface area (Å²) >= 11 is 6.14. The van der Waals surface area contributed by atoms with Crippen LogP contribution in [0.25, 0.3) is 0 Å². The van der Waals surface area contributed by atoms with Crippen LogP contribution in [0.4, 0.5) is 5.69 Å². The van der Waals surface area contributed by atoms with Gasteiger partial charge in [-0.1, -0.05) is 55.8 Å². The molecule has 0 aromatic heterocycles. The van der Waals surface area contributed by atoms with Crippen LogP contribution in [-0.2, 0) is 22.6 Å². The standard InChI is InChI=1S/C21H24ClN3O4/c1-14(2)20(23-19(26)11-15-7-5-4-6-8-15)21(27)24(3)13-16-12-17(25(28)29)9-10-18(16)22/h4-10,12,14,20H,11,13H2,1-3H3,(H,23,26). The van der Waals surface area contributed by atoms with Crippen LogP contribution in [0.15, 0.2) is 48.5 Å². The Labute approximate surface area is 174 Å². The van der Waals surface area contributed by atoms with Gasteiger partial charge in [0.15, 0.2) is 0 Å². The van der Waals surface area contributed by atoms with E-state index in [1.54, 1.807) is 7.05 Å². The van der Waals surface area contributed by atoms with Crippen molar-refractivity contribution in [1.82, 2.24) is 10.2 Å². The number of amides is 2. The van der Waals surface area contributed by atoms with Crippen molar-refractivity contribution in [2.24, 2.45) is 5.92 Å². The third-order valence-corrected chi connectivity index (χ3v) is 4.85. The summed E-state index contributed by atoms with van der Waals surface area (Å²) in [6.45, 7) is 3.79. The molecule has 2 amide bonds. The summed E-state index contributed by atoms with van der Waals surface area (Å²) in [7, 11) is 1.58. The van der Waals surface area contributed by atoms with Crippen molar-refractivity contribution in [3.63, 3.8) is 0 Å². The maximum absolute atomic E-state index is 12.9. The lowest BCUT2D eigenvalue weighted by Crippen LogP contribution is -2.50. The van der Waals surface area contributed by atoms with Crippen LogP contribution in [-0.4, -0.2) is 34.7 Å². The Hall–Kier alpha value is -2.93. The van der Waals surface area contributed by atoms with Crippen molar-refractivity contribution in [1.29, 1.82) is 0 Å². The average molecular weight is 418 g/mol. The number of halogens is 1. The number of likely N-dealkylation sites (N-methyl/N-ethyl adjacent to an activating group) is 1. The molecular weight excluding hydrogens is 394 g/mol. The number of benzene rings is 2. The Kier molecular flexibility index (Phi) is 7.73. The minimum atomic E-state index is -0.714. The smallest absolute Gasteiger partial charge is 0.269 e. The Bertz CT molecular complexity index is 887. The zero-order valence-corrected chi connectivity index (χ0v) is 17.3. The van der Waals surface area contributed by atoms with E-state index in [0.29, 0.717) is 10.6 Å². The van der Waals surface area contributed by atoms with E-state index in [2.05, 4.69) is 5.32 Å². The van der Waals surface area contributed by atoms with E-state index in [0.717, 1.165) is 5.56 Å². The lowest BCUT2D eigenvalue weighted by molar-refractivity contribution is -0.384. The predicted molar refractivity (Wildman–Crippen MR) is 111 cm³/mol. The van der Waals surface area contributed by atoms with Crippen molar-refractivity contribution in [3.05, 3.63) is 74.8 Å². The van der Waals surface area contributed by atoms with E-state index >= 15 is 0 Å². The van der Waals surface area contributed by atoms with Crippen LogP contribution >= 0.6 is 11.6 Å². The molecule has 2 rings (SSSR count). The Balaban J connectivity index is 2.09. The van der Waals surface area contributed by atoms with Crippen molar-refractivity contribution in [2.75, 3.05) is 7.05 Å². The third kappa shape index (κ3) is 6.29. The highest BCUT2D eigenvalue weighted by atomic mass is 35.5. The molecule has 1 N–H and O–H groups in total. The molecule has 8 heteroatoms. The average Bonchev–Trinajstić information content (AvgIpc) is 2.67. The van der Waals surface area contributed by atoms with Gasteiger partial charge >= 0.3 is 0 Å². The number of rotatable bonds is 8. The molecule has 2 aromatic rings. The highest BCUT2D eigenvalue weighted by Gasteiger charge is 2.27. The number of nitrogens with one attached hydrogen (secondary N) is 1. The summed E-state index contributed by atoms with van der Waals surface area (Å²) in [6.07, 6.45) is 0.178. The Morgan fingerprint density at radius 2 is 1.83 bits per heavy atom. The first-order valence-corrected chi connectivity index (χ1v) is 9.58. The fraction of sp³-hybridized carbons (Fsp3) is 0.333. The lowest BCUT2D eigenvalue weighted by Gasteiger charge is -2.27. The van der Waals surface area contributed by atoms with Crippen LogP contribution in [0.5, 0.6) is 0 Å². The van der Waals surface area contributed by atoms with Gasteiger partial charge in [0.05, 0.1) is 11.3 Å². The molecule has 0 aliphatic heterocycles. The molecule has 1 atom stereocenters. The molecular formula is C21H24ClN3O4. The summed E-state index contributed by atoms with van der Waals surface area (Å²) in [4.78, 5) is 37.2. The fourth-order valence-corrected chi connectivity index (χ4v) is 3.06. The number of carbonyl (C=O) groups is 2. The highest BCUT2D eigenvalue weighted by molar-refractivity contribution is 6.31. The molecule has 0 saturated carbocycles. The number of non-ortho nitro benzene ring substituents is 1. The van der Waals surface area contributed by atoms with E-state index in [1.807, 2.05) is 44.2 Å². The number of hydrogen-bond donors (Lipinski definition) is 1. The van der Waals surface area contributed by atoms with Crippen molar-refractivity contribution in [3.8, 4) is 0 Å². The van der Waals surface area contributed by atoms with Crippen LogP contribution in [0, 0.1) is 16.0 Å². The molecule has 0 saturated heterocycles. The Morgan fingerprint density at radius 3 is 2.41 bits per heavy atom. The van der Waals surface area contributed by atoms with Gasteiger partial charge in [-0.15, -0.1) is 0 Å². The molecule has 0 bridgehead atoms. The summed E-state index contributed by atoms with van der Waals surface area (Å²) in [6, 6.07) is 12.7. The lowest BCUT2D eigenvalue weighted by atomic mass is 10.0. The van der Waals surface area contributed by atoms with Gasteiger partial charge in [-0.05, 0) is 23.1 Å². The van der Waals surface area contributed by atoms with Gasteiger partial charge in [-0.3, -0.25) is 19.7 Å². The maximum Gasteiger partial charge on any atom is 0.269 e. The molecule has 0 aliphatic carbocycles. The first-order valence-electron chi connectivity index (χ1n) is 9.20. The highest BCUT2D eigenvalue weighted by Crippen LogP contribution is 2.23. The Morgan fingerprint density at radius 1 is 1.17 bits per heavy atom. The number of nitrogens with zero attached hydrogens (tertiary/aromatic N) is 2. The number of nitro benzene ring substituents is 1. The van der Waals surface area contributed by atoms with E-state index in [-0.39, 0.29) is 36.4 Å². The van der Waals surface area contributed by atoms with E-state index in [4.69, 9.17) is 11.6 Å². The molecule has 1 unspecified atom stereocenters. The molecule has 0 radical (unpaired) electrons.